The van der Waals surface area contributed by atoms with Crippen LogP contribution in [0.15, 0.2) is 38.0 Å². The van der Waals surface area contributed by atoms with Crippen LogP contribution in [0, 0.1) is 5.41 Å². The van der Waals surface area contributed by atoms with Crippen LogP contribution in [0.5, 0.6) is 0 Å². The van der Waals surface area contributed by atoms with Crippen molar-refractivity contribution in [2.75, 3.05) is 6.61 Å². The van der Waals surface area contributed by atoms with Gasteiger partial charge in [-0.25, -0.2) is 35.0 Å². The monoisotopic (exact) mass is 392 g/mol. The first-order valence-electron chi connectivity index (χ1n) is 5.46. The topological polar surface area (TPSA) is 118 Å². The zero-order chi connectivity index (χ0) is 19.0. The molecule has 0 aliphatic heterocycles. The van der Waals surface area contributed by atoms with Gasteiger partial charge in [-0.2, -0.15) is 0 Å². The summed E-state index contributed by atoms with van der Waals surface area (Å²) in [5, 5.41) is 15.5. The first-order chi connectivity index (χ1) is 10.2. The van der Waals surface area contributed by atoms with Crippen LogP contribution in [0.2, 0.25) is 0 Å². The summed E-state index contributed by atoms with van der Waals surface area (Å²) in [4.78, 5) is 31.0. The summed E-state index contributed by atoms with van der Waals surface area (Å²) >= 11 is 0.300. The van der Waals surface area contributed by atoms with Crippen molar-refractivity contribution in [3.05, 3.63) is 38.0 Å². The van der Waals surface area contributed by atoms with E-state index in [1.165, 1.54) is 12.6 Å². The molecule has 0 saturated heterocycles. The minimum absolute atomic E-state index is 0.0781. The van der Waals surface area contributed by atoms with E-state index in [9.17, 15) is 4.79 Å². The van der Waals surface area contributed by atoms with Crippen LogP contribution in [0.1, 0.15) is 20.8 Å². The van der Waals surface area contributed by atoms with Gasteiger partial charge in [-0.15, -0.1) is 0 Å². The van der Waals surface area contributed by atoms with Crippen molar-refractivity contribution in [1.82, 2.24) is 0 Å². The van der Waals surface area contributed by atoms with Gasteiger partial charge in [0.05, 0.1) is 6.61 Å². The Bertz CT molecular complexity index is 272. The predicted molar refractivity (Wildman–Crippen MR) is 78.3 cm³/mol. The van der Waals surface area contributed by atoms with E-state index >= 15 is 0 Å². The molecule has 0 aromatic carbocycles. The van der Waals surface area contributed by atoms with Crippen LogP contribution in [0.25, 0.3) is 0 Å². The quantitative estimate of drug-likeness (QED) is 0.325. The number of carboxylic acid groups (broad SMARTS) is 1. The van der Waals surface area contributed by atoms with Crippen LogP contribution in [-0.4, -0.2) is 35.5 Å². The SMILES string of the molecule is C=CC(=O)O.C=C[C-]=O.C=C[C-]=O.CC(C)(C)COO.[O]=[Zr+2]. The van der Waals surface area contributed by atoms with Crippen LogP contribution < -0.4 is 0 Å². The number of carbonyl (C=O) groups excluding carboxylic acids is 2. The Morgan fingerprint density at radius 1 is 1.14 bits per heavy atom. The third-order valence-corrected chi connectivity index (χ3v) is 0.839. The zero-order valence-electron chi connectivity index (χ0n) is 13.0. The van der Waals surface area contributed by atoms with Gasteiger partial charge in [0.15, 0.2) is 0 Å². The van der Waals surface area contributed by atoms with Crippen molar-refractivity contribution in [2.45, 2.75) is 20.8 Å². The third kappa shape index (κ3) is 132. The summed E-state index contributed by atoms with van der Waals surface area (Å²) in [7, 11) is 0. The van der Waals surface area contributed by atoms with Gasteiger partial charge in [-0.1, -0.05) is 27.4 Å². The summed E-state index contributed by atoms with van der Waals surface area (Å²) in [6, 6.07) is 0. The standard InChI is InChI=1S/C5H12O2.C3H4O2.2C3H3O.O.Zr/c1-5(2,3)4-7-6;1-2-3(4)5;2*1-2-3-4;;/h6H,4H2,1-3H3;2H,1H2,(H,4,5);2*2H,1H2;;/q;;2*-1;;+2. The fourth-order valence-electron chi connectivity index (χ4n) is 0.194. The average Bonchev–Trinajstić information content (AvgIpc) is 2.49. The Hall–Kier alpha value is -1.37. The minimum atomic E-state index is -0.981. The Labute approximate surface area is 146 Å². The van der Waals surface area contributed by atoms with Crippen molar-refractivity contribution in [3.8, 4) is 0 Å². The number of hydrogen-bond acceptors (Lipinski definition) is 6. The molecule has 2 N–H and O–H groups in total. The predicted octanol–water partition coefficient (Wildman–Crippen LogP) is 2.22. The summed E-state index contributed by atoms with van der Waals surface area (Å²) in [6.45, 7) is 15.4. The van der Waals surface area contributed by atoms with Crippen molar-refractivity contribution in [3.63, 3.8) is 0 Å². The van der Waals surface area contributed by atoms with Gasteiger partial charge >= 0.3 is 33.5 Å². The zero-order valence-corrected chi connectivity index (χ0v) is 15.5. The first kappa shape index (κ1) is 32.5. The summed E-state index contributed by atoms with van der Waals surface area (Å²) in [5.74, 6) is -0.981. The van der Waals surface area contributed by atoms with Gasteiger partial charge in [0, 0.05) is 6.08 Å². The molecule has 0 spiro atoms. The summed E-state index contributed by atoms with van der Waals surface area (Å²) in [5.41, 5.74) is 0.0781. The molecule has 0 rings (SSSR count). The van der Waals surface area contributed by atoms with E-state index in [0.717, 1.165) is 18.2 Å². The van der Waals surface area contributed by atoms with E-state index in [1.54, 1.807) is 0 Å². The molecule has 0 heterocycles. The fourth-order valence-corrected chi connectivity index (χ4v) is 0.194. The van der Waals surface area contributed by atoms with Crippen molar-refractivity contribution >= 4 is 18.5 Å². The molecule has 0 fully saturated rings. The van der Waals surface area contributed by atoms with Crippen LogP contribution in [0.3, 0.4) is 0 Å². The van der Waals surface area contributed by atoms with E-state index in [2.05, 4.69) is 24.6 Å². The Morgan fingerprint density at radius 2 is 1.36 bits per heavy atom. The molecule has 0 aliphatic carbocycles. The molecule has 0 bridgehead atoms. The molecular weight excluding hydrogens is 371 g/mol. The van der Waals surface area contributed by atoms with Crippen molar-refractivity contribution in [1.29, 1.82) is 0 Å². The molecule has 8 heteroatoms. The van der Waals surface area contributed by atoms with Gasteiger partial charge in [0.2, 0.25) is 0 Å². The molecule has 0 aromatic rings. The number of aliphatic carboxylic acids is 1. The molecule has 7 nitrogen and oxygen atoms in total. The second-order valence-corrected chi connectivity index (χ2v) is 4.02. The van der Waals surface area contributed by atoms with Gasteiger partial charge < -0.3 is 14.7 Å². The van der Waals surface area contributed by atoms with Crippen molar-refractivity contribution < 1.29 is 57.2 Å². The Morgan fingerprint density at radius 3 is 1.36 bits per heavy atom. The molecule has 124 valence electrons. The number of carboxylic acids is 1. The molecule has 0 radical (unpaired) electrons. The summed E-state index contributed by atoms with van der Waals surface area (Å²) < 4.78 is 8.34. The van der Waals surface area contributed by atoms with Gasteiger partial charge in [-0.3, -0.25) is 5.26 Å². The number of rotatable bonds is 4. The van der Waals surface area contributed by atoms with E-state index in [4.69, 9.17) is 22.8 Å². The summed E-state index contributed by atoms with van der Waals surface area (Å²) in [6.07, 6.45) is 5.86. The second-order valence-electron chi connectivity index (χ2n) is 4.02. The third-order valence-electron chi connectivity index (χ3n) is 0.839. The fraction of sp³-hybridized carbons (Fsp3) is 0.357. The van der Waals surface area contributed by atoms with Crippen LogP contribution >= 0.6 is 0 Å². The van der Waals surface area contributed by atoms with E-state index in [1.807, 2.05) is 20.8 Å². The van der Waals surface area contributed by atoms with Gasteiger partial charge in [-0.05, 0) is 18.0 Å². The molecule has 0 unspecified atom stereocenters. The number of allylic oxidation sites excluding steroid dienone is 2. The maximum atomic E-state index is 9.25. The van der Waals surface area contributed by atoms with E-state index in [0.29, 0.717) is 31.3 Å². The number of hydrogen-bond donors (Lipinski definition) is 2. The maximum absolute atomic E-state index is 9.25. The molecular formula is C14H22O7Zr. The van der Waals surface area contributed by atoms with E-state index in [-0.39, 0.29) is 5.41 Å². The van der Waals surface area contributed by atoms with Gasteiger partial charge in [0.1, 0.15) is 0 Å². The average molecular weight is 394 g/mol. The van der Waals surface area contributed by atoms with Crippen LogP contribution in [-0.2, 0) is 46.8 Å². The second kappa shape index (κ2) is 31.8. The number of carbonyl (C=O) groups is 1. The molecule has 0 aliphatic rings. The van der Waals surface area contributed by atoms with E-state index < -0.39 is 5.97 Å². The van der Waals surface area contributed by atoms with Crippen molar-refractivity contribution in [2.24, 2.45) is 5.41 Å². The molecule has 0 amide bonds. The normalized spacial score (nSPS) is 7.36. The Balaban J connectivity index is -0.0000000577. The Kier molecular flexibility index (Phi) is 47.1. The molecule has 0 atom stereocenters. The van der Waals surface area contributed by atoms with Crippen LogP contribution in [0.4, 0.5) is 0 Å². The molecule has 22 heavy (non-hydrogen) atoms. The molecule has 0 saturated carbocycles. The molecule has 0 aromatic heterocycles. The van der Waals surface area contributed by atoms with Gasteiger partial charge in [0.25, 0.3) is 0 Å². The first-order valence-corrected chi connectivity index (χ1v) is 6.46.